The molecule has 0 aromatic heterocycles. The fourth-order valence-corrected chi connectivity index (χ4v) is 2.74. The quantitative estimate of drug-likeness (QED) is 0.658. The van der Waals surface area contributed by atoms with Crippen molar-refractivity contribution in [1.82, 2.24) is 5.32 Å². The lowest BCUT2D eigenvalue weighted by molar-refractivity contribution is -0.255. The monoisotopic (exact) mass is 403 g/mol. The van der Waals surface area contributed by atoms with Crippen molar-refractivity contribution in [1.29, 1.82) is 0 Å². The third kappa shape index (κ3) is 4.82. The van der Waals surface area contributed by atoms with Crippen LogP contribution >= 0.6 is 0 Å². The number of aryl methyl sites for hydroxylation is 1. The standard InChI is InChI=1S/C23H20N2O5/c1-14-3-8-17(9-4-14)30-18-10-6-16(7-11-18)25-22(27)20-13-15(21(26)24-2)5-12-19(20)23(28)29/h3-13H,1-2H3,(H,24,26)(H,25,27)(H,28,29)/p-1. The molecule has 0 aliphatic heterocycles. The van der Waals surface area contributed by atoms with E-state index in [4.69, 9.17) is 4.74 Å². The Kier molecular flexibility index (Phi) is 6.12. The van der Waals surface area contributed by atoms with Crippen LogP contribution in [0.2, 0.25) is 0 Å². The first-order valence-electron chi connectivity index (χ1n) is 9.11. The summed E-state index contributed by atoms with van der Waals surface area (Å²) in [5.74, 6) is -1.36. The molecule has 0 spiro atoms. The maximum absolute atomic E-state index is 12.6. The number of hydrogen-bond acceptors (Lipinski definition) is 5. The molecular weight excluding hydrogens is 384 g/mol. The number of anilines is 1. The molecule has 0 saturated carbocycles. The zero-order valence-electron chi connectivity index (χ0n) is 16.4. The largest absolute Gasteiger partial charge is 0.545 e. The van der Waals surface area contributed by atoms with Crippen molar-refractivity contribution in [3.05, 3.63) is 89.0 Å². The topological polar surface area (TPSA) is 108 Å². The number of nitrogens with one attached hydrogen (secondary N) is 2. The first-order chi connectivity index (χ1) is 14.4. The molecular formula is C23H19N2O5-. The third-order valence-electron chi connectivity index (χ3n) is 4.34. The summed E-state index contributed by atoms with van der Waals surface area (Å²) in [6, 6.07) is 17.9. The van der Waals surface area contributed by atoms with Crippen LogP contribution in [0.15, 0.2) is 66.7 Å². The number of carboxylic acid groups (broad SMARTS) is 1. The summed E-state index contributed by atoms with van der Waals surface area (Å²) in [5.41, 5.74) is 1.24. The van der Waals surface area contributed by atoms with E-state index in [1.807, 2.05) is 31.2 Å². The first-order valence-corrected chi connectivity index (χ1v) is 9.11. The minimum Gasteiger partial charge on any atom is -0.545 e. The lowest BCUT2D eigenvalue weighted by Crippen LogP contribution is -2.27. The second-order valence-electron chi connectivity index (χ2n) is 6.52. The summed E-state index contributed by atoms with van der Waals surface area (Å²) in [6.45, 7) is 1.98. The van der Waals surface area contributed by atoms with Gasteiger partial charge in [0.25, 0.3) is 11.8 Å². The zero-order valence-corrected chi connectivity index (χ0v) is 16.4. The van der Waals surface area contributed by atoms with E-state index in [2.05, 4.69) is 10.6 Å². The second kappa shape index (κ2) is 8.91. The second-order valence-corrected chi connectivity index (χ2v) is 6.52. The van der Waals surface area contributed by atoms with E-state index in [1.54, 1.807) is 24.3 Å². The molecule has 152 valence electrons. The number of rotatable bonds is 6. The summed E-state index contributed by atoms with van der Waals surface area (Å²) in [5, 5.41) is 16.4. The number of amides is 2. The Labute approximate surface area is 173 Å². The minimum absolute atomic E-state index is 0.162. The Balaban J connectivity index is 1.77. The van der Waals surface area contributed by atoms with Crippen molar-refractivity contribution in [2.75, 3.05) is 12.4 Å². The lowest BCUT2D eigenvalue weighted by Gasteiger charge is -2.13. The van der Waals surface area contributed by atoms with E-state index in [1.165, 1.54) is 25.2 Å². The highest BCUT2D eigenvalue weighted by Crippen LogP contribution is 2.24. The van der Waals surface area contributed by atoms with Gasteiger partial charge in [-0.2, -0.15) is 0 Å². The highest BCUT2D eigenvalue weighted by Gasteiger charge is 2.16. The number of aromatic carboxylic acids is 1. The third-order valence-corrected chi connectivity index (χ3v) is 4.34. The molecule has 0 aliphatic carbocycles. The molecule has 0 atom stereocenters. The molecule has 3 aromatic carbocycles. The Morgan fingerprint density at radius 3 is 1.97 bits per heavy atom. The van der Waals surface area contributed by atoms with Crippen molar-refractivity contribution < 1.29 is 24.2 Å². The Morgan fingerprint density at radius 2 is 1.40 bits per heavy atom. The van der Waals surface area contributed by atoms with Gasteiger partial charge in [0.15, 0.2) is 0 Å². The normalized spacial score (nSPS) is 10.2. The van der Waals surface area contributed by atoms with Crippen molar-refractivity contribution in [2.45, 2.75) is 6.92 Å². The highest BCUT2D eigenvalue weighted by molar-refractivity contribution is 6.11. The van der Waals surface area contributed by atoms with Gasteiger partial charge in [-0.05, 0) is 55.5 Å². The van der Waals surface area contributed by atoms with E-state index in [-0.39, 0.29) is 16.7 Å². The Hall–Kier alpha value is -4.13. The summed E-state index contributed by atoms with van der Waals surface area (Å²) in [6.07, 6.45) is 0. The predicted molar refractivity (Wildman–Crippen MR) is 110 cm³/mol. The molecule has 0 aliphatic rings. The molecule has 30 heavy (non-hydrogen) atoms. The van der Waals surface area contributed by atoms with Gasteiger partial charge >= 0.3 is 0 Å². The van der Waals surface area contributed by atoms with Crippen molar-refractivity contribution >= 4 is 23.5 Å². The smallest absolute Gasteiger partial charge is 0.256 e. The average molecular weight is 403 g/mol. The van der Waals surface area contributed by atoms with Crippen molar-refractivity contribution in [3.63, 3.8) is 0 Å². The van der Waals surface area contributed by atoms with Gasteiger partial charge < -0.3 is 25.3 Å². The van der Waals surface area contributed by atoms with Gasteiger partial charge in [0.1, 0.15) is 11.5 Å². The van der Waals surface area contributed by atoms with Crippen LogP contribution in [0, 0.1) is 6.92 Å². The van der Waals surface area contributed by atoms with Gasteiger partial charge in [-0.15, -0.1) is 0 Å². The van der Waals surface area contributed by atoms with Crippen LogP contribution in [-0.4, -0.2) is 24.8 Å². The minimum atomic E-state index is -1.51. The predicted octanol–water partition coefficient (Wildman–Crippen LogP) is 2.76. The number of ether oxygens (including phenoxy) is 1. The molecule has 0 fully saturated rings. The van der Waals surface area contributed by atoms with Crippen LogP contribution < -0.4 is 20.5 Å². The molecule has 2 amide bonds. The van der Waals surface area contributed by atoms with Crippen LogP contribution in [0.4, 0.5) is 5.69 Å². The molecule has 2 N–H and O–H groups in total. The van der Waals surface area contributed by atoms with Gasteiger partial charge in [-0.25, -0.2) is 0 Å². The molecule has 0 unspecified atom stereocenters. The van der Waals surface area contributed by atoms with Crippen LogP contribution in [-0.2, 0) is 0 Å². The van der Waals surface area contributed by atoms with E-state index in [0.717, 1.165) is 5.56 Å². The van der Waals surface area contributed by atoms with E-state index in [9.17, 15) is 19.5 Å². The summed E-state index contributed by atoms with van der Waals surface area (Å²) < 4.78 is 5.74. The molecule has 3 rings (SSSR count). The maximum atomic E-state index is 12.6. The van der Waals surface area contributed by atoms with Gasteiger partial charge in [-0.1, -0.05) is 23.8 Å². The van der Waals surface area contributed by atoms with Crippen LogP contribution in [0.5, 0.6) is 11.5 Å². The SMILES string of the molecule is CNC(=O)c1ccc(C(=O)[O-])c(C(=O)Nc2ccc(Oc3ccc(C)cc3)cc2)c1. The zero-order chi connectivity index (χ0) is 21.7. The fourth-order valence-electron chi connectivity index (χ4n) is 2.74. The Morgan fingerprint density at radius 1 is 0.800 bits per heavy atom. The van der Waals surface area contributed by atoms with E-state index >= 15 is 0 Å². The van der Waals surface area contributed by atoms with Crippen LogP contribution in [0.1, 0.15) is 36.6 Å². The molecule has 7 nitrogen and oxygen atoms in total. The van der Waals surface area contributed by atoms with E-state index in [0.29, 0.717) is 17.2 Å². The molecule has 7 heteroatoms. The lowest BCUT2D eigenvalue weighted by atomic mass is 10.0. The summed E-state index contributed by atoms with van der Waals surface area (Å²) in [4.78, 5) is 35.8. The van der Waals surface area contributed by atoms with Crippen molar-refractivity contribution in [3.8, 4) is 11.5 Å². The number of carboxylic acids is 1. The first kappa shape index (κ1) is 20.6. The molecule has 0 saturated heterocycles. The molecule has 0 radical (unpaired) electrons. The Bertz CT molecular complexity index is 1090. The summed E-state index contributed by atoms with van der Waals surface area (Å²) >= 11 is 0. The molecule has 0 heterocycles. The molecule has 0 bridgehead atoms. The number of carbonyl (C=O) groups excluding carboxylic acids is 3. The maximum Gasteiger partial charge on any atom is 0.256 e. The number of hydrogen-bond donors (Lipinski definition) is 2. The van der Waals surface area contributed by atoms with Gasteiger partial charge in [0.2, 0.25) is 0 Å². The number of carbonyl (C=O) groups is 3. The fraction of sp³-hybridized carbons (Fsp3) is 0.0870. The summed E-state index contributed by atoms with van der Waals surface area (Å²) in [7, 11) is 1.44. The van der Waals surface area contributed by atoms with Crippen LogP contribution in [0.3, 0.4) is 0 Å². The van der Waals surface area contributed by atoms with Gasteiger partial charge in [-0.3, -0.25) is 9.59 Å². The van der Waals surface area contributed by atoms with Crippen LogP contribution in [0.25, 0.3) is 0 Å². The number of benzene rings is 3. The van der Waals surface area contributed by atoms with Gasteiger partial charge in [0, 0.05) is 29.4 Å². The molecule has 3 aromatic rings. The van der Waals surface area contributed by atoms with Gasteiger partial charge in [0.05, 0.1) is 5.97 Å². The van der Waals surface area contributed by atoms with E-state index < -0.39 is 17.8 Å². The van der Waals surface area contributed by atoms with Crippen molar-refractivity contribution in [2.24, 2.45) is 0 Å². The average Bonchev–Trinajstić information content (AvgIpc) is 2.75. The highest BCUT2D eigenvalue weighted by atomic mass is 16.5.